The lowest BCUT2D eigenvalue weighted by molar-refractivity contribution is -0.116. The van der Waals surface area contributed by atoms with Crippen LogP contribution in [0.15, 0.2) is 42.6 Å². The maximum Gasteiger partial charge on any atom is 0.223 e. The lowest BCUT2D eigenvalue weighted by Gasteiger charge is -2.34. The minimum Gasteiger partial charge on any atom is -0.368 e. The van der Waals surface area contributed by atoms with Crippen molar-refractivity contribution in [2.75, 3.05) is 55.3 Å². The highest BCUT2D eigenvalue weighted by atomic mass is 16.1. The highest BCUT2D eigenvalue weighted by Gasteiger charge is 2.22. The van der Waals surface area contributed by atoms with Gasteiger partial charge in [0.25, 0.3) is 0 Å². The Balaban J connectivity index is 1.36. The molecule has 34 heavy (non-hydrogen) atoms. The van der Waals surface area contributed by atoms with Crippen molar-refractivity contribution < 1.29 is 4.79 Å². The minimum atomic E-state index is 0.121. The Morgan fingerprint density at radius 3 is 2.35 bits per heavy atom. The molecule has 5 rings (SSSR count). The Bertz CT molecular complexity index is 1190. The van der Waals surface area contributed by atoms with Gasteiger partial charge in [-0.1, -0.05) is 18.2 Å². The summed E-state index contributed by atoms with van der Waals surface area (Å²) in [6.07, 6.45) is 3.19. The summed E-state index contributed by atoms with van der Waals surface area (Å²) in [5, 5.41) is 0. The van der Waals surface area contributed by atoms with Gasteiger partial charge in [0.05, 0.1) is 0 Å². The molecule has 8 heteroatoms. The van der Waals surface area contributed by atoms with Crippen LogP contribution < -0.4 is 15.5 Å². The van der Waals surface area contributed by atoms with Gasteiger partial charge < -0.3 is 20.4 Å². The summed E-state index contributed by atoms with van der Waals surface area (Å²) in [4.78, 5) is 31.8. The van der Waals surface area contributed by atoms with Gasteiger partial charge >= 0.3 is 0 Å². The van der Waals surface area contributed by atoms with Crippen molar-refractivity contribution in [3.8, 4) is 11.1 Å². The van der Waals surface area contributed by atoms with Crippen LogP contribution in [-0.2, 0) is 24.2 Å². The fourth-order valence-electron chi connectivity index (χ4n) is 4.69. The Kier molecular flexibility index (Phi) is 6.15. The number of hydrogen-bond donors (Lipinski definition) is 1. The van der Waals surface area contributed by atoms with E-state index >= 15 is 0 Å². The molecule has 0 bridgehead atoms. The zero-order valence-electron chi connectivity index (χ0n) is 19.9. The molecule has 1 saturated heterocycles. The van der Waals surface area contributed by atoms with Gasteiger partial charge in [-0.3, -0.25) is 9.78 Å². The predicted molar refractivity (Wildman–Crippen MR) is 135 cm³/mol. The van der Waals surface area contributed by atoms with E-state index < -0.39 is 0 Å². The molecule has 3 aromatic rings. The number of carbonyl (C=O) groups is 1. The third kappa shape index (κ3) is 4.87. The molecule has 0 unspecified atom stereocenters. The number of rotatable bonds is 5. The van der Waals surface area contributed by atoms with Crippen molar-refractivity contribution >= 4 is 23.4 Å². The topological polar surface area (TPSA) is 91.5 Å². The molecule has 0 radical (unpaired) electrons. The normalized spacial score (nSPS) is 16.4. The summed E-state index contributed by atoms with van der Waals surface area (Å²) < 4.78 is 0. The molecule has 0 amide bonds. The number of hydrogen-bond acceptors (Lipinski definition) is 8. The summed E-state index contributed by atoms with van der Waals surface area (Å²) in [6.45, 7) is 7.18. The van der Waals surface area contributed by atoms with E-state index in [0.717, 1.165) is 74.1 Å². The number of Topliss-reactive ketones (excluding diaryl/α,β-unsaturated/α-hetero) is 1. The van der Waals surface area contributed by atoms with Crippen molar-refractivity contribution in [3.05, 3.63) is 59.4 Å². The average molecular weight is 458 g/mol. The molecule has 2 aliphatic heterocycles. The Hall–Kier alpha value is -3.52. The fraction of sp³-hybridized carbons (Fsp3) is 0.385. The highest BCUT2D eigenvalue weighted by molar-refractivity contribution is 5.78. The van der Waals surface area contributed by atoms with Gasteiger partial charge in [-0.25, -0.2) is 0 Å². The zero-order chi connectivity index (χ0) is 23.7. The van der Waals surface area contributed by atoms with Crippen LogP contribution >= 0.6 is 0 Å². The molecule has 0 spiro atoms. The molecule has 1 fully saturated rings. The van der Waals surface area contributed by atoms with Crippen LogP contribution in [0.25, 0.3) is 11.1 Å². The summed E-state index contributed by atoms with van der Waals surface area (Å²) in [5.74, 6) is 2.23. The smallest absolute Gasteiger partial charge is 0.223 e. The third-order valence-corrected chi connectivity index (χ3v) is 6.67. The molecule has 176 valence electrons. The van der Waals surface area contributed by atoms with Crippen molar-refractivity contribution in [1.29, 1.82) is 0 Å². The zero-order valence-corrected chi connectivity index (χ0v) is 19.9. The van der Waals surface area contributed by atoms with Crippen LogP contribution in [0.1, 0.15) is 23.7 Å². The number of carbonyl (C=O) groups excluding carboxylic acids is 1. The first-order valence-electron chi connectivity index (χ1n) is 11.8. The molecule has 8 nitrogen and oxygen atoms in total. The number of nitrogens with zero attached hydrogens (tertiary/aromatic N) is 6. The number of nitrogens with two attached hydrogens (primary N) is 1. The Morgan fingerprint density at radius 1 is 0.912 bits per heavy atom. The largest absolute Gasteiger partial charge is 0.368 e. The molecule has 0 aliphatic carbocycles. The monoisotopic (exact) mass is 457 g/mol. The van der Waals surface area contributed by atoms with Crippen molar-refractivity contribution in [3.63, 3.8) is 0 Å². The molecule has 0 saturated carbocycles. The van der Waals surface area contributed by atoms with Crippen LogP contribution in [0, 0.1) is 0 Å². The number of anilines is 3. The highest BCUT2D eigenvalue weighted by Crippen LogP contribution is 2.30. The van der Waals surface area contributed by atoms with E-state index in [4.69, 9.17) is 5.73 Å². The second-order valence-electron chi connectivity index (χ2n) is 9.30. The first kappa shape index (κ1) is 22.3. The van der Waals surface area contributed by atoms with Gasteiger partial charge in [-0.05, 0) is 49.2 Å². The number of likely N-dealkylation sites (N-methyl/N-ethyl adjacent to an activating group) is 1. The van der Waals surface area contributed by atoms with Gasteiger partial charge in [-0.2, -0.15) is 9.97 Å². The number of pyridine rings is 1. The summed E-state index contributed by atoms with van der Waals surface area (Å²) in [5.41, 5.74) is 11.8. The number of piperazine rings is 1. The number of aromatic nitrogens is 3. The Morgan fingerprint density at radius 2 is 1.65 bits per heavy atom. The van der Waals surface area contributed by atoms with Gasteiger partial charge in [0, 0.05) is 69.2 Å². The first-order chi connectivity index (χ1) is 16.4. The number of fused-ring (bicyclic) bond motifs is 1. The summed E-state index contributed by atoms with van der Waals surface area (Å²) in [6, 6.07) is 12.7. The van der Waals surface area contributed by atoms with Crippen molar-refractivity contribution in [1.82, 2.24) is 19.9 Å². The minimum absolute atomic E-state index is 0.121. The molecular formula is C26H31N7O. The van der Waals surface area contributed by atoms with E-state index in [1.807, 2.05) is 18.3 Å². The second kappa shape index (κ2) is 9.38. The van der Waals surface area contributed by atoms with E-state index in [2.05, 4.69) is 61.0 Å². The lowest BCUT2D eigenvalue weighted by Crippen LogP contribution is -2.45. The van der Waals surface area contributed by atoms with Gasteiger partial charge in [0.1, 0.15) is 17.4 Å². The third-order valence-electron chi connectivity index (χ3n) is 6.67. The summed E-state index contributed by atoms with van der Waals surface area (Å²) in [7, 11) is 2.15. The maximum atomic E-state index is 11.4. The molecule has 2 aromatic heterocycles. The van der Waals surface area contributed by atoms with Crippen LogP contribution in [0.5, 0.6) is 0 Å². The first-order valence-corrected chi connectivity index (χ1v) is 11.8. The molecule has 0 atom stereocenters. The van der Waals surface area contributed by atoms with Gasteiger partial charge in [0.2, 0.25) is 5.95 Å². The predicted octanol–water partition coefficient (Wildman–Crippen LogP) is 2.57. The average Bonchev–Trinajstić information content (AvgIpc) is 2.83. The summed E-state index contributed by atoms with van der Waals surface area (Å²) >= 11 is 0. The SMILES string of the molecule is CC(=O)Cc1ccc(-c2ccc3c(c2)CN(c2cc(N4CCN(C)CC4)nc(N)n2)CC3)cn1. The molecular weight excluding hydrogens is 426 g/mol. The Labute approximate surface area is 200 Å². The molecule has 4 heterocycles. The van der Waals surface area contributed by atoms with E-state index in [9.17, 15) is 4.79 Å². The van der Waals surface area contributed by atoms with E-state index in [-0.39, 0.29) is 5.78 Å². The maximum absolute atomic E-state index is 11.4. The van der Waals surface area contributed by atoms with Crippen LogP contribution in [0.3, 0.4) is 0 Å². The fourth-order valence-corrected chi connectivity index (χ4v) is 4.69. The van der Waals surface area contributed by atoms with E-state index in [0.29, 0.717) is 12.4 Å². The van der Waals surface area contributed by atoms with Crippen LogP contribution in [0.2, 0.25) is 0 Å². The van der Waals surface area contributed by atoms with E-state index in [1.165, 1.54) is 11.1 Å². The standard InChI is InChI=1S/C26H31N7O/c1-18(34)13-23-6-5-21(16-28-23)20-4-3-19-7-8-33(17-22(19)14-20)25-15-24(29-26(27)30-25)32-11-9-31(2)10-12-32/h3-6,14-16H,7-13,17H2,1-2H3,(H2,27,29,30). The second-order valence-corrected chi connectivity index (χ2v) is 9.30. The molecule has 1 aromatic carbocycles. The van der Waals surface area contributed by atoms with Gasteiger partial charge in [-0.15, -0.1) is 0 Å². The number of nitrogen functional groups attached to an aromatic ring is 1. The lowest BCUT2D eigenvalue weighted by atomic mass is 9.95. The van der Waals surface area contributed by atoms with Crippen LogP contribution in [0.4, 0.5) is 17.6 Å². The van der Waals surface area contributed by atoms with Gasteiger partial charge in [0.15, 0.2) is 0 Å². The number of benzene rings is 1. The molecule has 2 N–H and O–H groups in total. The molecule has 2 aliphatic rings. The van der Waals surface area contributed by atoms with E-state index in [1.54, 1.807) is 6.92 Å². The van der Waals surface area contributed by atoms with Crippen LogP contribution in [-0.4, -0.2) is 65.4 Å². The van der Waals surface area contributed by atoms with Crippen molar-refractivity contribution in [2.24, 2.45) is 0 Å². The number of ketones is 1. The quantitative estimate of drug-likeness (QED) is 0.625. The van der Waals surface area contributed by atoms with Crippen molar-refractivity contribution in [2.45, 2.75) is 26.3 Å².